The molecule has 0 aromatic carbocycles. The first kappa shape index (κ1) is 10.9. The first-order chi connectivity index (χ1) is 7.72. The maximum Gasteiger partial charge on any atom is 0.273 e. The quantitative estimate of drug-likeness (QED) is 0.822. The van der Waals surface area contributed by atoms with Gasteiger partial charge in [-0.3, -0.25) is 4.79 Å². The summed E-state index contributed by atoms with van der Waals surface area (Å²) in [4.78, 5) is 17.7. The zero-order chi connectivity index (χ0) is 11.5. The Morgan fingerprint density at radius 2 is 2.44 bits per heavy atom. The molecule has 2 rings (SSSR count). The zero-order valence-corrected chi connectivity index (χ0v) is 9.95. The van der Waals surface area contributed by atoms with Crippen LogP contribution in [0.3, 0.4) is 0 Å². The van der Waals surface area contributed by atoms with Gasteiger partial charge in [0.25, 0.3) is 5.91 Å². The third kappa shape index (κ3) is 1.99. The Bertz CT molecular complexity index is 476. The van der Waals surface area contributed by atoms with Crippen molar-refractivity contribution in [1.82, 2.24) is 9.88 Å². The molecule has 0 N–H and O–H groups in total. The van der Waals surface area contributed by atoms with E-state index in [-0.39, 0.29) is 5.91 Å². The number of aromatic nitrogens is 1. The van der Waals surface area contributed by atoms with Crippen LogP contribution in [0.4, 0.5) is 0 Å². The highest BCUT2D eigenvalue weighted by Crippen LogP contribution is 2.24. The first-order valence-corrected chi connectivity index (χ1v) is 5.85. The second-order valence-electron chi connectivity index (χ2n) is 3.33. The Kier molecular flexibility index (Phi) is 3.05. The summed E-state index contributed by atoms with van der Waals surface area (Å²) < 4.78 is 5.22. The molecule has 2 heterocycles. The van der Waals surface area contributed by atoms with Crippen LogP contribution >= 0.6 is 11.3 Å². The Morgan fingerprint density at radius 3 is 3.06 bits per heavy atom. The summed E-state index contributed by atoms with van der Waals surface area (Å²) in [5, 5.41) is 2.49. The average Bonchev–Trinajstić information content (AvgIpc) is 2.96. The van der Waals surface area contributed by atoms with Crippen LogP contribution in [0.5, 0.6) is 0 Å². The predicted molar refractivity (Wildman–Crippen MR) is 62.5 cm³/mol. The van der Waals surface area contributed by atoms with Crippen molar-refractivity contribution in [2.45, 2.75) is 6.92 Å². The predicted octanol–water partition coefficient (Wildman–Crippen LogP) is 2.50. The summed E-state index contributed by atoms with van der Waals surface area (Å²) in [6.07, 6.45) is 1.59. The highest BCUT2D eigenvalue weighted by Gasteiger charge is 2.15. The number of rotatable bonds is 3. The fourth-order valence-corrected chi connectivity index (χ4v) is 1.98. The molecule has 2 aromatic rings. The van der Waals surface area contributed by atoms with Crippen LogP contribution in [0, 0.1) is 0 Å². The summed E-state index contributed by atoms with van der Waals surface area (Å²) in [7, 11) is 1.76. The maximum absolute atomic E-state index is 11.8. The molecule has 4 nitrogen and oxygen atoms in total. The van der Waals surface area contributed by atoms with Crippen LogP contribution in [0.2, 0.25) is 0 Å². The molecule has 0 aliphatic carbocycles. The molecule has 0 aliphatic rings. The van der Waals surface area contributed by atoms with Crippen molar-refractivity contribution in [3.63, 3.8) is 0 Å². The molecule has 0 aliphatic heterocycles. The van der Waals surface area contributed by atoms with Gasteiger partial charge in [-0.05, 0) is 19.1 Å². The minimum Gasteiger partial charge on any atom is -0.462 e. The molecule has 84 valence electrons. The van der Waals surface area contributed by atoms with Crippen molar-refractivity contribution in [2.75, 3.05) is 13.6 Å². The van der Waals surface area contributed by atoms with Crippen molar-refractivity contribution < 1.29 is 9.21 Å². The van der Waals surface area contributed by atoms with Gasteiger partial charge in [0, 0.05) is 19.0 Å². The normalized spacial score (nSPS) is 10.4. The van der Waals surface area contributed by atoms with Crippen molar-refractivity contribution in [2.24, 2.45) is 0 Å². The van der Waals surface area contributed by atoms with Gasteiger partial charge in [0.2, 0.25) is 0 Å². The van der Waals surface area contributed by atoms with Crippen molar-refractivity contribution >= 4 is 17.2 Å². The molecular formula is C11H12N2O2S. The van der Waals surface area contributed by atoms with E-state index >= 15 is 0 Å². The fraction of sp³-hybridized carbons (Fsp3) is 0.273. The largest absolute Gasteiger partial charge is 0.462 e. The van der Waals surface area contributed by atoms with Gasteiger partial charge in [-0.15, -0.1) is 11.3 Å². The van der Waals surface area contributed by atoms with E-state index in [9.17, 15) is 4.79 Å². The zero-order valence-electron chi connectivity index (χ0n) is 9.14. The van der Waals surface area contributed by atoms with E-state index in [0.717, 1.165) is 5.01 Å². The van der Waals surface area contributed by atoms with E-state index in [0.29, 0.717) is 18.0 Å². The number of carbonyl (C=O) groups is 1. The Morgan fingerprint density at radius 1 is 1.62 bits per heavy atom. The third-order valence-electron chi connectivity index (χ3n) is 2.28. The molecule has 0 unspecified atom stereocenters. The third-order valence-corrected chi connectivity index (χ3v) is 3.13. The molecule has 0 radical (unpaired) electrons. The van der Waals surface area contributed by atoms with Gasteiger partial charge in [-0.2, -0.15) is 0 Å². The molecule has 0 saturated heterocycles. The molecule has 0 spiro atoms. The lowest BCUT2D eigenvalue weighted by molar-refractivity contribution is 0.0797. The number of amides is 1. The van der Waals surface area contributed by atoms with E-state index in [1.165, 1.54) is 11.3 Å². The molecule has 0 atom stereocenters. The van der Waals surface area contributed by atoms with E-state index in [1.54, 1.807) is 29.7 Å². The number of thiazole rings is 1. The van der Waals surface area contributed by atoms with Crippen LogP contribution in [0.25, 0.3) is 10.8 Å². The smallest absolute Gasteiger partial charge is 0.273 e. The molecule has 16 heavy (non-hydrogen) atoms. The summed E-state index contributed by atoms with van der Waals surface area (Å²) in [6.45, 7) is 2.60. The monoisotopic (exact) mass is 236 g/mol. The van der Waals surface area contributed by atoms with Gasteiger partial charge in [0.1, 0.15) is 5.69 Å². The lowest BCUT2D eigenvalue weighted by atomic mass is 10.4. The second-order valence-corrected chi connectivity index (χ2v) is 4.19. The van der Waals surface area contributed by atoms with Crippen LogP contribution in [0.15, 0.2) is 28.2 Å². The van der Waals surface area contributed by atoms with Crippen LogP contribution in [-0.4, -0.2) is 29.4 Å². The van der Waals surface area contributed by atoms with E-state index in [2.05, 4.69) is 4.98 Å². The fourth-order valence-electron chi connectivity index (χ4n) is 1.22. The molecule has 0 bridgehead atoms. The lowest BCUT2D eigenvalue weighted by Gasteiger charge is -2.11. The molecule has 2 aromatic heterocycles. The maximum atomic E-state index is 11.8. The van der Waals surface area contributed by atoms with E-state index in [1.807, 2.05) is 13.0 Å². The Hall–Kier alpha value is -1.62. The lowest BCUT2D eigenvalue weighted by Crippen LogP contribution is -2.26. The van der Waals surface area contributed by atoms with Gasteiger partial charge in [0.05, 0.1) is 6.26 Å². The number of furan rings is 1. The Labute approximate surface area is 97.5 Å². The molecular weight excluding hydrogens is 224 g/mol. The Balaban J connectivity index is 2.23. The number of hydrogen-bond acceptors (Lipinski definition) is 4. The second kappa shape index (κ2) is 4.49. The number of nitrogens with zero attached hydrogens (tertiary/aromatic N) is 2. The highest BCUT2D eigenvalue weighted by molar-refractivity contribution is 7.13. The minimum atomic E-state index is -0.0587. The van der Waals surface area contributed by atoms with Gasteiger partial charge in [-0.25, -0.2) is 4.98 Å². The minimum absolute atomic E-state index is 0.0587. The van der Waals surface area contributed by atoms with Gasteiger partial charge in [0.15, 0.2) is 10.8 Å². The van der Waals surface area contributed by atoms with Crippen LogP contribution < -0.4 is 0 Å². The van der Waals surface area contributed by atoms with Gasteiger partial charge >= 0.3 is 0 Å². The van der Waals surface area contributed by atoms with Crippen molar-refractivity contribution in [3.8, 4) is 10.8 Å². The van der Waals surface area contributed by atoms with Crippen LogP contribution in [0.1, 0.15) is 17.4 Å². The number of hydrogen-bond donors (Lipinski definition) is 0. The topological polar surface area (TPSA) is 46.3 Å². The first-order valence-electron chi connectivity index (χ1n) is 4.97. The standard InChI is InChI=1S/C11H12N2O2S/c1-3-13(2)11(14)8-7-16-10(12-8)9-5-4-6-15-9/h4-7H,3H2,1-2H3. The summed E-state index contributed by atoms with van der Waals surface area (Å²) in [5.41, 5.74) is 0.473. The summed E-state index contributed by atoms with van der Waals surface area (Å²) >= 11 is 1.41. The van der Waals surface area contributed by atoms with E-state index in [4.69, 9.17) is 4.42 Å². The summed E-state index contributed by atoms with van der Waals surface area (Å²) in [6, 6.07) is 3.63. The number of carbonyl (C=O) groups excluding carboxylic acids is 1. The van der Waals surface area contributed by atoms with Gasteiger partial charge < -0.3 is 9.32 Å². The summed E-state index contributed by atoms with van der Waals surface area (Å²) in [5.74, 6) is 0.639. The van der Waals surface area contributed by atoms with E-state index < -0.39 is 0 Å². The SMILES string of the molecule is CCN(C)C(=O)c1csc(-c2ccco2)n1. The van der Waals surface area contributed by atoms with Crippen molar-refractivity contribution in [3.05, 3.63) is 29.5 Å². The average molecular weight is 236 g/mol. The highest BCUT2D eigenvalue weighted by atomic mass is 32.1. The van der Waals surface area contributed by atoms with Crippen molar-refractivity contribution in [1.29, 1.82) is 0 Å². The molecule has 0 fully saturated rings. The van der Waals surface area contributed by atoms with Crippen LogP contribution in [-0.2, 0) is 0 Å². The van der Waals surface area contributed by atoms with Gasteiger partial charge in [-0.1, -0.05) is 0 Å². The molecule has 1 amide bonds. The molecule has 0 saturated carbocycles. The molecule has 5 heteroatoms.